The molecular weight excluding hydrogens is 346 g/mol. The summed E-state index contributed by atoms with van der Waals surface area (Å²) in [5.74, 6) is -0.0464. The molecule has 26 heavy (non-hydrogen) atoms. The zero-order valence-electron chi connectivity index (χ0n) is 15.0. The Bertz CT molecular complexity index is 891. The van der Waals surface area contributed by atoms with Crippen LogP contribution >= 0.6 is 11.8 Å². The monoisotopic (exact) mass is 367 g/mol. The van der Waals surface area contributed by atoms with Gasteiger partial charge >= 0.3 is 0 Å². The molecule has 134 valence electrons. The first-order valence-electron chi connectivity index (χ1n) is 8.39. The predicted molar refractivity (Wildman–Crippen MR) is 102 cm³/mol. The lowest BCUT2D eigenvalue weighted by molar-refractivity contribution is -0.120. The molecule has 3 rings (SSSR count). The molecule has 0 aliphatic carbocycles. The van der Waals surface area contributed by atoms with Crippen molar-refractivity contribution in [3.8, 4) is 5.69 Å². The van der Waals surface area contributed by atoms with Gasteiger partial charge in [-0.2, -0.15) is 4.68 Å². The number of benzene rings is 2. The predicted octanol–water partition coefficient (Wildman–Crippen LogP) is 3.08. The highest BCUT2D eigenvalue weighted by Gasteiger charge is 2.19. The minimum Gasteiger partial charge on any atom is -0.351 e. The Morgan fingerprint density at radius 2 is 1.88 bits per heavy atom. The summed E-state index contributed by atoms with van der Waals surface area (Å²) in [6, 6.07) is 16.0. The summed E-state index contributed by atoms with van der Waals surface area (Å²) in [6.45, 7) is 6.40. The third-order valence-electron chi connectivity index (χ3n) is 4.02. The molecule has 0 saturated carbocycles. The van der Waals surface area contributed by atoms with Crippen molar-refractivity contribution in [1.82, 2.24) is 25.5 Å². The van der Waals surface area contributed by atoms with E-state index in [0.717, 1.165) is 16.8 Å². The van der Waals surface area contributed by atoms with E-state index in [9.17, 15) is 4.79 Å². The number of aryl methyl sites for hydroxylation is 2. The topological polar surface area (TPSA) is 72.7 Å². The van der Waals surface area contributed by atoms with Crippen LogP contribution in [0.1, 0.15) is 23.6 Å². The van der Waals surface area contributed by atoms with E-state index in [-0.39, 0.29) is 11.2 Å². The van der Waals surface area contributed by atoms with Gasteiger partial charge in [0.2, 0.25) is 11.1 Å². The average molecular weight is 367 g/mol. The molecule has 0 aliphatic rings. The zero-order valence-corrected chi connectivity index (χ0v) is 15.8. The van der Waals surface area contributed by atoms with Gasteiger partial charge in [-0.15, -0.1) is 5.10 Å². The maximum Gasteiger partial charge on any atom is 0.233 e. The molecule has 0 fully saturated rings. The lowest BCUT2D eigenvalue weighted by Crippen LogP contribution is -2.30. The van der Waals surface area contributed by atoms with Crippen LogP contribution in [0.2, 0.25) is 0 Å². The highest BCUT2D eigenvalue weighted by atomic mass is 32.2. The Morgan fingerprint density at radius 1 is 1.15 bits per heavy atom. The molecule has 0 aliphatic heterocycles. The van der Waals surface area contributed by atoms with Crippen molar-refractivity contribution >= 4 is 17.7 Å². The van der Waals surface area contributed by atoms with Gasteiger partial charge in [0.05, 0.1) is 10.9 Å². The van der Waals surface area contributed by atoms with Gasteiger partial charge < -0.3 is 5.32 Å². The number of hydrogen-bond acceptors (Lipinski definition) is 5. The first-order chi connectivity index (χ1) is 12.5. The number of carbonyl (C=O) groups excluding carboxylic acids is 1. The Morgan fingerprint density at radius 3 is 2.62 bits per heavy atom. The summed E-state index contributed by atoms with van der Waals surface area (Å²) in [6.07, 6.45) is 0. The molecule has 1 heterocycles. The molecule has 0 bridgehead atoms. The molecule has 0 saturated heterocycles. The third kappa shape index (κ3) is 4.29. The normalized spacial score (nSPS) is 12.0. The minimum atomic E-state index is -0.311. The largest absolute Gasteiger partial charge is 0.351 e. The number of nitrogens with one attached hydrogen (secondary N) is 1. The molecule has 0 spiro atoms. The smallest absolute Gasteiger partial charge is 0.233 e. The fraction of sp³-hybridized carbons (Fsp3) is 0.263. The van der Waals surface area contributed by atoms with Gasteiger partial charge in [-0.3, -0.25) is 4.79 Å². The second kappa shape index (κ2) is 8.14. The van der Waals surface area contributed by atoms with Crippen molar-refractivity contribution in [2.24, 2.45) is 0 Å². The number of hydrogen-bond donors (Lipinski definition) is 1. The highest BCUT2D eigenvalue weighted by Crippen LogP contribution is 2.24. The van der Waals surface area contributed by atoms with E-state index in [1.165, 1.54) is 17.3 Å². The van der Waals surface area contributed by atoms with Gasteiger partial charge in [-0.05, 0) is 48.4 Å². The Labute approximate surface area is 157 Å². The lowest BCUT2D eigenvalue weighted by atomic mass is 10.1. The quantitative estimate of drug-likeness (QED) is 0.678. The summed E-state index contributed by atoms with van der Waals surface area (Å²) in [5, 5.41) is 15.1. The number of amides is 1. The molecule has 1 amide bonds. The van der Waals surface area contributed by atoms with Crippen LogP contribution < -0.4 is 5.32 Å². The van der Waals surface area contributed by atoms with E-state index in [2.05, 4.69) is 20.8 Å². The number of para-hydroxylation sites is 1. The number of aromatic nitrogens is 4. The SMILES string of the molecule is Cc1ccc(CNC(=O)[C@H](C)Sc2nnnn2-c2ccccc2C)cc1. The van der Waals surface area contributed by atoms with Crippen LogP contribution in [0.25, 0.3) is 5.69 Å². The van der Waals surface area contributed by atoms with Crippen molar-refractivity contribution in [3.05, 3.63) is 65.2 Å². The van der Waals surface area contributed by atoms with E-state index in [1.54, 1.807) is 4.68 Å². The molecule has 1 N–H and O–H groups in total. The Balaban J connectivity index is 1.64. The maximum atomic E-state index is 12.4. The van der Waals surface area contributed by atoms with Crippen molar-refractivity contribution < 1.29 is 4.79 Å². The molecule has 3 aromatic rings. The Hall–Kier alpha value is -2.67. The van der Waals surface area contributed by atoms with E-state index in [4.69, 9.17) is 0 Å². The van der Waals surface area contributed by atoms with Gasteiger partial charge in [0.1, 0.15) is 0 Å². The number of nitrogens with zero attached hydrogens (tertiary/aromatic N) is 4. The summed E-state index contributed by atoms with van der Waals surface area (Å²) < 4.78 is 1.67. The molecule has 0 radical (unpaired) electrons. The number of rotatable bonds is 6. The average Bonchev–Trinajstić information content (AvgIpc) is 3.09. The van der Waals surface area contributed by atoms with Crippen molar-refractivity contribution in [2.45, 2.75) is 37.7 Å². The van der Waals surface area contributed by atoms with Gasteiger partial charge in [-0.1, -0.05) is 59.8 Å². The number of carbonyl (C=O) groups is 1. The van der Waals surface area contributed by atoms with Crippen LogP contribution in [0.3, 0.4) is 0 Å². The van der Waals surface area contributed by atoms with E-state index in [0.29, 0.717) is 11.7 Å². The summed E-state index contributed by atoms with van der Waals surface area (Å²) in [4.78, 5) is 12.4. The van der Waals surface area contributed by atoms with Gasteiger partial charge in [0.15, 0.2) is 0 Å². The lowest BCUT2D eigenvalue weighted by Gasteiger charge is -2.12. The second-order valence-electron chi connectivity index (χ2n) is 6.12. The van der Waals surface area contributed by atoms with Crippen molar-refractivity contribution in [1.29, 1.82) is 0 Å². The fourth-order valence-electron chi connectivity index (χ4n) is 2.46. The Kier molecular flexibility index (Phi) is 5.68. The molecule has 6 nitrogen and oxygen atoms in total. The molecule has 0 unspecified atom stereocenters. The van der Waals surface area contributed by atoms with Crippen LogP contribution in [0, 0.1) is 13.8 Å². The van der Waals surface area contributed by atoms with Crippen LogP contribution in [0.4, 0.5) is 0 Å². The standard InChI is InChI=1S/C19H21N5OS/c1-13-8-10-16(11-9-13)12-20-18(25)15(3)26-19-21-22-23-24(19)17-7-5-4-6-14(17)2/h4-11,15H,12H2,1-3H3,(H,20,25)/t15-/m0/s1. The third-order valence-corrected chi connectivity index (χ3v) is 5.06. The summed E-state index contributed by atoms with van der Waals surface area (Å²) in [5.41, 5.74) is 4.25. The fourth-order valence-corrected chi connectivity index (χ4v) is 3.28. The molecule has 1 aromatic heterocycles. The van der Waals surface area contributed by atoms with Crippen LogP contribution in [-0.4, -0.2) is 31.4 Å². The molecule has 2 aromatic carbocycles. The van der Waals surface area contributed by atoms with Crippen molar-refractivity contribution in [2.75, 3.05) is 0 Å². The minimum absolute atomic E-state index is 0.0464. The molecule has 1 atom stereocenters. The summed E-state index contributed by atoms with van der Waals surface area (Å²) in [7, 11) is 0. The molecule has 7 heteroatoms. The zero-order chi connectivity index (χ0) is 18.5. The number of tetrazole rings is 1. The maximum absolute atomic E-state index is 12.4. The first kappa shape index (κ1) is 18.1. The van der Waals surface area contributed by atoms with Gasteiger partial charge in [-0.25, -0.2) is 0 Å². The highest BCUT2D eigenvalue weighted by molar-refractivity contribution is 8.00. The van der Waals surface area contributed by atoms with E-state index < -0.39 is 0 Å². The van der Waals surface area contributed by atoms with Gasteiger partial charge in [0, 0.05) is 6.54 Å². The molecular formula is C19H21N5OS. The van der Waals surface area contributed by atoms with Crippen LogP contribution in [-0.2, 0) is 11.3 Å². The first-order valence-corrected chi connectivity index (χ1v) is 9.27. The number of thioether (sulfide) groups is 1. The van der Waals surface area contributed by atoms with Crippen LogP contribution in [0.15, 0.2) is 53.7 Å². The summed E-state index contributed by atoms with van der Waals surface area (Å²) >= 11 is 1.34. The van der Waals surface area contributed by atoms with Gasteiger partial charge in [0.25, 0.3) is 0 Å². The van der Waals surface area contributed by atoms with Crippen LogP contribution in [0.5, 0.6) is 0 Å². The second-order valence-corrected chi connectivity index (χ2v) is 7.43. The van der Waals surface area contributed by atoms with E-state index in [1.807, 2.05) is 69.3 Å². The van der Waals surface area contributed by atoms with E-state index >= 15 is 0 Å². The van der Waals surface area contributed by atoms with Crippen molar-refractivity contribution in [3.63, 3.8) is 0 Å².